The van der Waals surface area contributed by atoms with E-state index in [1.54, 1.807) is 26.2 Å². The number of sulfonamides is 1. The summed E-state index contributed by atoms with van der Waals surface area (Å²) in [6, 6.07) is 7.41. The number of methoxy groups -OCH3 is 1. The summed E-state index contributed by atoms with van der Waals surface area (Å²) < 4.78 is 39.1. The Kier molecular flexibility index (Phi) is 10.1. The molecular weight excluding hydrogens is 478 g/mol. The van der Waals surface area contributed by atoms with Crippen molar-refractivity contribution in [3.8, 4) is 5.75 Å². The van der Waals surface area contributed by atoms with Crippen LogP contribution in [0.15, 0.2) is 33.7 Å². The van der Waals surface area contributed by atoms with E-state index in [1.807, 2.05) is 29.2 Å². The molecule has 1 fully saturated rings. The number of carbonyl (C=O) groups excluding carboxylic acids is 1. The van der Waals surface area contributed by atoms with E-state index in [2.05, 4.69) is 19.0 Å². The third-order valence-corrected chi connectivity index (χ3v) is 8.71. The fraction of sp³-hybridized carbons (Fsp3) is 0.556. The minimum absolute atomic E-state index is 0.0876. The van der Waals surface area contributed by atoms with Crippen LogP contribution in [-0.2, 0) is 14.8 Å². The maximum atomic E-state index is 13.6. The average Bonchev–Trinajstić information content (AvgIpc) is 3.28. The Bertz CT molecular complexity index is 1110. The summed E-state index contributed by atoms with van der Waals surface area (Å²) in [6.45, 7) is 8.05. The summed E-state index contributed by atoms with van der Waals surface area (Å²) in [6.07, 6.45) is 8.52. The van der Waals surface area contributed by atoms with E-state index in [1.165, 1.54) is 4.31 Å². The topological polar surface area (TPSA) is 93.0 Å². The maximum absolute atomic E-state index is 13.6. The molecule has 0 bridgehead atoms. The molecule has 1 aromatic heterocycles. The number of ether oxygens (including phenoxy) is 1. The van der Waals surface area contributed by atoms with Gasteiger partial charge in [-0.05, 0) is 56.4 Å². The summed E-state index contributed by atoms with van der Waals surface area (Å²) in [4.78, 5) is 15.2. The quantitative estimate of drug-likeness (QED) is 0.394. The Morgan fingerprint density at radius 3 is 2.28 bits per heavy atom. The van der Waals surface area contributed by atoms with Crippen molar-refractivity contribution in [3.63, 3.8) is 0 Å². The molecule has 36 heavy (non-hydrogen) atoms. The fourth-order valence-corrected chi connectivity index (χ4v) is 6.17. The van der Waals surface area contributed by atoms with Gasteiger partial charge in [-0.25, -0.2) is 8.42 Å². The highest BCUT2D eigenvalue weighted by Gasteiger charge is 2.36. The number of aryl methyl sites for hydroxylation is 1. The molecule has 3 rings (SSSR count). The molecule has 0 aliphatic carbocycles. The van der Waals surface area contributed by atoms with Crippen LogP contribution in [0.5, 0.6) is 5.75 Å². The van der Waals surface area contributed by atoms with Gasteiger partial charge in [0.05, 0.1) is 7.11 Å². The first-order valence-corrected chi connectivity index (χ1v) is 14.3. The van der Waals surface area contributed by atoms with Crippen LogP contribution in [0.3, 0.4) is 0 Å². The monoisotopic (exact) mass is 517 g/mol. The normalized spacial score (nSPS) is 15.4. The van der Waals surface area contributed by atoms with Crippen LogP contribution in [0.25, 0.3) is 12.2 Å². The van der Waals surface area contributed by atoms with Crippen molar-refractivity contribution >= 4 is 28.1 Å². The number of rotatable bonds is 12. The number of carbonyl (C=O) groups is 1. The first-order chi connectivity index (χ1) is 17.3. The third kappa shape index (κ3) is 6.76. The number of nitrogens with zero attached hydrogens (tertiary/aromatic N) is 3. The number of hydrogen-bond donors (Lipinski definition) is 0. The minimum Gasteiger partial charge on any atom is -0.497 e. The second-order valence-corrected chi connectivity index (χ2v) is 11.2. The molecule has 0 N–H and O–H groups in total. The fourth-order valence-electron chi connectivity index (χ4n) is 4.45. The van der Waals surface area contributed by atoms with Gasteiger partial charge in [-0.2, -0.15) is 4.31 Å². The first-order valence-electron chi connectivity index (χ1n) is 12.9. The SMILES string of the molecule is CCCCN(CCCC)C(=O)C1CCN(S(=O)(=O)c2c(C)noc2C=Cc2ccc(OC)cc2)CC1. The van der Waals surface area contributed by atoms with Crippen LogP contribution >= 0.6 is 0 Å². The van der Waals surface area contributed by atoms with Crippen molar-refractivity contribution in [2.75, 3.05) is 33.3 Å². The van der Waals surface area contributed by atoms with Gasteiger partial charge in [-0.1, -0.05) is 50.1 Å². The minimum atomic E-state index is -3.81. The van der Waals surface area contributed by atoms with Gasteiger partial charge in [0.15, 0.2) is 10.7 Å². The predicted molar refractivity (Wildman–Crippen MR) is 141 cm³/mol. The van der Waals surface area contributed by atoms with E-state index in [0.717, 1.165) is 50.1 Å². The summed E-state index contributed by atoms with van der Waals surface area (Å²) in [7, 11) is -2.21. The highest BCUT2D eigenvalue weighted by atomic mass is 32.2. The van der Waals surface area contributed by atoms with Crippen LogP contribution in [0.2, 0.25) is 0 Å². The second-order valence-electron chi connectivity index (χ2n) is 9.28. The van der Waals surface area contributed by atoms with Crippen molar-refractivity contribution in [1.29, 1.82) is 0 Å². The van der Waals surface area contributed by atoms with Crippen LogP contribution in [0, 0.1) is 12.8 Å². The van der Waals surface area contributed by atoms with Gasteiger partial charge < -0.3 is 14.2 Å². The smallest absolute Gasteiger partial charge is 0.248 e. The summed E-state index contributed by atoms with van der Waals surface area (Å²) >= 11 is 0. The Balaban J connectivity index is 1.70. The van der Waals surface area contributed by atoms with E-state index in [4.69, 9.17) is 9.26 Å². The van der Waals surface area contributed by atoms with E-state index < -0.39 is 10.0 Å². The number of hydrogen-bond acceptors (Lipinski definition) is 6. The van der Waals surface area contributed by atoms with Gasteiger partial charge in [-0.3, -0.25) is 4.79 Å². The van der Waals surface area contributed by atoms with Crippen LogP contribution in [0.4, 0.5) is 0 Å². The number of amides is 1. The maximum Gasteiger partial charge on any atom is 0.248 e. The Morgan fingerprint density at radius 2 is 1.72 bits per heavy atom. The van der Waals surface area contributed by atoms with E-state index in [0.29, 0.717) is 31.6 Å². The molecule has 0 unspecified atom stereocenters. The molecule has 1 aromatic carbocycles. The zero-order chi connectivity index (χ0) is 26.1. The summed E-state index contributed by atoms with van der Waals surface area (Å²) in [5.74, 6) is 0.972. The lowest BCUT2D eigenvalue weighted by Crippen LogP contribution is -2.45. The lowest BCUT2D eigenvalue weighted by atomic mass is 9.96. The van der Waals surface area contributed by atoms with Crippen LogP contribution in [-0.4, -0.2) is 62.0 Å². The molecule has 9 heteroatoms. The van der Waals surface area contributed by atoms with Gasteiger partial charge in [-0.15, -0.1) is 0 Å². The Hall–Kier alpha value is -2.65. The molecule has 2 heterocycles. The van der Waals surface area contributed by atoms with Gasteiger partial charge in [0.1, 0.15) is 11.4 Å². The Labute approximate surface area is 215 Å². The molecule has 0 spiro atoms. The number of unbranched alkanes of at least 4 members (excludes halogenated alkanes) is 2. The molecule has 1 aliphatic heterocycles. The zero-order valence-electron chi connectivity index (χ0n) is 21.9. The van der Waals surface area contributed by atoms with Crippen LogP contribution < -0.4 is 4.74 Å². The van der Waals surface area contributed by atoms with E-state index >= 15 is 0 Å². The second kappa shape index (κ2) is 13.1. The molecule has 198 valence electrons. The van der Waals surface area contributed by atoms with E-state index in [9.17, 15) is 13.2 Å². The lowest BCUT2D eigenvalue weighted by Gasteiger charge is -2.33. The highest BCUT2D eigenvalue weighted by Crippen LogP contribution is 2.30. The number of piperidine rings is 1. The van der Waals surface area contributed by atoms with Crippen molar-refractivity contribution < 1.29 is 22.5 Å². The number of aromatic nitrogens is 1. The summed E-state index contributed by atoms with van der Waals surface area (Å²) in [5, 5.41) is 3.93. The molecule has 2 aromatic rings. The van der Waals surface area contributed by atoms with Crippen LogP contribution in [0.1, 0.15) is 69.4 Å². The molecule has 1 aliphatic rings. The molecule has 1 amide bonds. The Morgan fingerprint density at radius 1 is 1.11 bits per heavy atom. The van der Waals surface area contributed by atoms with Gasteiger partial charge >= 0.3 is 0 Å². The standard InChI is InChI=1S/C27H39N3O5S/c1-5-7-17-29(18-8-6-2)27(31)23-15-19-30(20-16-23)36(32,33)26-21(3)28-35-25(26)14-11-22-9-12-24(34-4)13-10-22/h9-14,23H,5-8,15-20H2,1-4H3. The first kappa shape index (κ1) is 27.9. The lowest BCUT2D eigenvalue weighted by molar-refractivity contribution is -0.136. The van der Waals surface area contributed by atoms with Gasteiger partial charge in [0.2, 0.25) is 15.9 Å². The van der Waals surface area contributed by atoms with Gasteiger partial charge in [0.25, 0.3) is 0 Å². The molecule has 0 saturated carbocycles. The average molecular weight is 518 g/mol. The van der Waals surface area contributed by atoms with Crippen molar-refractivity contribution in [2.45, 2.75) is 64.2 Å². The molecule has 1 saturated heterocycles. The van der Waals surface area contributed by atoms with Crippen molar-refractivity contribution in [2.24, 2.45) is 5.92 Å². The van der Waals surface area contributed by atoms with Crippen molar-refractivity contribution in [1.82, 2.24) is 14.4 Å². The highest BCUT2D eigenvalue weighted by molar-refractivity contribution is 7.89. The molecular formula is C27H39N3O5S. The zero-order valence-corrected chi connectivity index (χ0v) is 22.7. The van der Waals surface area contributed by atoms with E-state index in [-0.39, 0.29) is 22.5 Å². The largest absolute Gasteiger partial charge is 0.497 e. The van der Waals surface area contributed by atoms with Gasteiger partial charge in [0, 0.05) is 32.1 Å². The predicted octanol–water partition coefficient (Wildman–Crippen LogP) is 4.99. The third-order valence-electron chi connectivity index (χ3n) is 6.65. The molecule has 8 nitrogen and oxygen atoms in total. The molecule has 0 atom stereocenters. The summed E-state index contributed by atoms with van der Waals surface area (Å²) in [5.41, 5.74) is 1.20. The number of benzene rings is 1. The molecule has 0 radical (unpaired) electrons. The van der Waals surface area contributed by atoms with Crippen molar-refractivity contribution in [3.05, 3.63) is 41.3 Å².